The smallest absolute Gasteiger partial charge is 0.224 e. The standard InChI is InChI=1S/C26H30Cl2N4O/c1-18-23(19(2)32(30-18)25-9-8-21(27)16-24(25)28)17-26(33)29-22-11-14-31(15-12-22)13-10-20-6-4-3-5-7-20/h3-9,16,22H,10-15,17H2,1-2H3,(H,29,33). The number of aryl methyl sites for hydroxylation is 1. The molecule has 0 atom stereocenters. The Hall–Kier alpha value is -2.34. The molecule has 0 bridgehead atoms. The molecule has 0 saturated carbocycles. The highest BCUT2D eigenvalue weighted by Crippen LogP contribution is 2.27. The predicted molar refractivity (Wildman–Crippen MR) is 135 cm³/mol. The Balaban J connectivity index is 1.30. The molecule has 1 fully saturated rings. The predicted octanol–water partition coefficient (Wildman–Crippen LogP) is 5.16. The highest BCUT2D eigenvalue weighted by atomic mass is 35.5. The summed E-state index contributed by atoms with van der Waals surface area (Å²) >= 11 is 12.4. The fraction of sp³-hybridized carbons (Fsp3) is 0.385. The fourth-order valence-electron chi connectivity index (χ4n) is 4.49. The topological polar surface area (TPSA) is 50.2 Å². The van der Waals surface area contributed by atoms with E-state index in [4.69, 9.17) is 23.2 Å². The quantitative estimate of drug-likeness (QED) is 0.503. The van der Waals surface area contributed by atoms with Crippen LogP contribution in [0.1, 0.15) is 35.4 Å². The molecule has 7 heteroatoms. The number of nitrogens with zero attached hydrogens (tertiary/aromatic N) is 3. The molecule has 1 amide bonds. The zero-order valence-corrected chi connectivity index (χ0v) is 20.7. The van der Waals surface area contributed by atoms with Crippen molar-refractivity contribution in [1.29, 1.82) is 0 Å². The fourth-order valence-corrected chi connectivity index (χ4v) is 4.98. The van der Waals surface area contributed by atoms with Gasteiger partial charge in [-0.1, -0.05) is 53.5 Å². The number of hydrogen-bond acceptors (Lipinski definition) is 3. The van der Waals surface area contributed by atoms with Gasteiger partial charge >= 0.3 is 0 Å². The summed E-state index contributed by atoms with van der Waals surface area (Å²) in [6.45, 7) is 7.00. The van der Waals surface area contributed by atoms with E-state index in [-0.39, 0.29) is 11.9 Å². The Bertz CT molecular complexity index is 1100. The number of piperidine rings is 1. The molecule has 0 radical (unpaired) electrons. The molecular formula is C26H30Cl2N4O. The van der Waals surface area contributed by atoms with Gasteiger partial charge in [-0.25, -0.2) is 4.68 Å². The van der Waals surface area contributed by atoms with E-state index in [1.807, 2.05) is 19.9 Å². The molecular weight excluding hydrogens is 455 g/mol. The Morgan fingerprint density at radius 1 is 1.09 bits per heavy atom. The van der Waals surface area contributed by atoms with Crippen LogP contribution in [0.4, 0.5) is 0 Å². The lowest BCUT2D eigenvalue weighted by Gasteiger charge is -2.32. The second kappa shape index (κ2) is 10.7. The van der Waals surface area contributed by atoms with E-state index in [2.05, 4.69) is 45.6 Å². The molecule has 5 nitrogen and oxygen atoms in total. The first-order chi connectivity index (χ1) is 15.9. The van der Waals surface area contributed by atoms with E-state index in [0.29, 0.717) is 16.5 Å². The summed E-state index contributed by atoms with van der Waals surface area (Å²) in [7, 11) is 0. The first-order valence-electron chi connectivity index (χ1n) is 11.5. The summed E-state index contributed by atoms with van der Waals surface area (Å²) < 4.78 is 1.79. The summed E-state index contributed by atoms with van der Waals surface area (Å²) in [6, 6.07) is 16.2. The summed E-state index contributed by atoms with van der Waals surface area (Å²) in [5.41, 5.74) is 4.83. The number of nitrogens with one attached hydrogen (secondary N) is 1. The van der Waals surface area contributed by atoms with Crippen molar-refractivity contribution >= 4 is 29.1 Å². The third-order valence-electron chi connectivity index (χ3n) is 6.43. The number of likely N-dealkylation sites (tertiary alicyclic amines) is 1. The van der Waals surface area contributed by atoms with Crippen molar-refractivity contribution < 1.29 is 4.79 Å². The molecule has 0 aliphatic carbocycles. The zero-order chi connectivity index (χ0) is 23.4. The molecule has 1 aliphatic rings. The highest BCUT2D eigenvalue weighted by molar-refractivity contribution is 6.35. The van der Waals surface area contributed by atoms with E-state index in [1.54, 1.807) is 16.8 Å². The van der Waals surface area contributed by atoms with E-state index in [0.717, 1.165) is 61.5 Å². The molecule has 33 heavy (non-hydrogen) atoms. The summed E-state index contributed by atoms with van der Waals surface area (Å²) in [6.07, 6.45) is 3.35. The van der Waals surface area contributed by atoms with Gasteiger partial charge in [0.25, 0.3) is 0 Å². The molecule has 0 spiro atoms. The van der Waals surface area contributed by atoms with Crippen LogP contribution in [0.2, 0.25) is 10.0 Å². The zero-order valence-electron chi connectivity index (χ0n) is 19.2. The molecule has 1 aromatic heterocycles. The number of carbonyl (C=O) groups is 1. The van der Waals surface area contributed by atoms with Crippen molar-refractivity contribution in [3.8, 4) is 5.69 Å². The van der Waals surface area contributed by atoms with Crippen LogP contribution >= 0.6 is 23.2 Å². The maximum atomic E-state index is 12.8. The van der Waals surface area contributed by atoms with Crippen molar-refractivity contribution in [2.75, 3.05) is 19.6 Å². The number of halogens is 2. The number of aromatic nitrogens is 2. The van der Waals surface area contributed by atoms with Crippen molar-refractivity contribution in [2.24, 2.45) is 0 Å². The molecule has 1 N–H and O–H groups in total. The lowest BCUT2D eigenvalue weighted by Crippen LogP contribution is -2.45. The van der Waals surface area contributed by atoms with Gasteiger partial charge in [0.05, 0.1) is 22.8 Å². The van der Waals surface area contributed by atoms with Gasteiger partial charge in [-0.3, -0.25) is 4.79 Å². The van der Waals surface area contributed by atoms with Gasteiger partial charge in [0.15, 0.2) is 0 Å². The minimum Gasteiger partial charge on any atom is -0.353 e. The molecule has 4 rings (SSSR count). The second-order valence-corrected chi connectivity index (χ2v) is 9.60. The van der Waals surface area contributed by atoms with Crippen LogP contribution in [0.25, 0.3) is 5.69 Å². The molecule has 2 aromatic carbocycles. The van der Waals surface area contributed by atoms with Crippen LogP contribution in [-0.2, 0) is 17.6 Å². The van der Waals surface area contributed by atoms with Gasteiger partial charge in [-0.05, 0) is 56.9 Å². The van der Waals surface area contributed by atoms with Crippen LogP contribution in [0.3, 0.4) is 0 Å². The normalized spacial score (nSPS) is 15.0. The Kier molecular flexibility index (Phi) is 7.74. The van der Waals surface area contributed by atoms with Crippen LogP contribution in [0, 0.1) is 13.8 Å². The van der Waals surface area contributed by atoms with Crippen LogP contribution in [-0.4, -0.2) is 46.3 Å². The van der Waals surface area contributed by atoms with Gasteiger partial charge in [0.2, 0.25) is 5.91 Å². The molecule has 2 heterocycles. The minimum absolute atomic E-state index is 0.0469. The van der Waals surface area contributed by atoms with Gasteiger partial charge in [-0.2, -0.15) is 5.10 Å². The average Bonchev–Trinajstić information content (AvgIpc) is 3.07. The number of hydrogen-bond donors (Lipinski definition) is 1. The van der Waals surface area contributed by atoms with Gasteiger partial charge in [0.1, 0.15) is 0 Å². The molecule has 3 aromatic rings. The monoisotopic (exact) mass is 484 g/mol. The molecule has 0 unspecified atom stereocenters. The highest BCUT2D eigenvalue weighted by Gasteiger charge is 2.22. The Morgan fingerprint density at radius 2 is 1.82 bits per heavy atom. The number of rotatable bonds is 7. The van der Waals surface area contributed by atoms with Gasteiger partial charge < -0.3 is 10.2 Å². The van der Waals surface area contributed by atoms with Crippen LogP contribution < -0.4 is 5.32 Å². The van der Waals surface area contributed by atoms with Crippen molar-refractivity contribution in [3.63, 3.8) is 0 Å². The third kappa shape index (κ3) is 5.97. The van der Waals surface area contributed by atoms with E-state index in [1.165, 1.54) is 5.56 Å². The van der Waals surface area contributed by atoms with Gasteiger partial charge in [0, 0.05) is 42.0 Å². The molecule has 174 valence electrons. The number of benzene rings is 2. The first-order valence-corrected chi connectivity index (χ1v) is 12.2. The Morgan fingerprint density at radius 3 is 2.52 bits per heavy atom. The average molecular weight is 485 g/mol. The SMILES string of the molecule is Cc1nn(-c2ccc(Cl)cc2Cl)c(C)c1CC(=O)NC1CCN(CCc2ccccc2)CC1. The summed E-state index contributed by atoms with van der Waals surface area (Å²) in [5.74, 6) is 0.0469. The first kappa shape index (κ1) is 23.8. The van der Waals surface area contributed by atoms with Crippen molar-refractivity contribution in [1.82, 2.24) is 20.0 Å². The maximum absolute atomic E-state index is 12.8. The largest absolute Gasteiger partial charge is 0.353 e. The van der Waals surface area contributed by atoms with Gasteiger partial charge in [-0.15, -0.1) is 0 Å². The third-order valence-corrected chi connectivity index (χ3v) is 6.97. The van der Waals surface area contributed by atoms with Crippen molar-refractivity contribution in [2.45, 2.75) is 45.6 Å². The second-order valence-electron chi connectivity index (χ2n) is 8.75. The maximum Gasteiger partial charge on any atom is 0.224 e. The lowest BCUT2D eigenvalue weighted by molar-refractivity contribution is -0.121. The Labute approximate surface area is 205 Å². The lowest BCUT2D eigenvalue weighted by atomic mass is 10.0. The summed E-state index contributed by atoms with van der Waals surface area (Å²) in [5, 5.41) is 8.98. The number of carbonyl (C=O) groups excluding carboxylic acids is 1. The van der Waals surface area contributed by atoms with E-state index >= 15 is 0 Å². The molecule has 1 aliphatic heterocycles. The van der Waals surface area contributed by atoms with E-state index < -0.39 is 0 Å². The summed E-state index contributed by atoms with van der Waals surface area (Å²) in [4.78, 5) is 15.3. The van der Waals surface area contributed by atoms with E-state index in [9.17, 15) is 4.79 Å². The van der Waals surface area contributed by atoms with Crippen LogP contribution in [0.5, 0.6) is 0 Å². The van der Waals surface area contributed by atoms with Crippen molar-refractivity contribution in [3.05, 3.63) is 81.1 Å². The molecule has 1 saturated heterocycles. The minimum atomic E-state index is 0.0469. The van der Waals surface area contributed by atoms with Crippen LogP contribution in [0.15, 0.2) is 48.5 Å². The number of amides is 1.